The fraction of sp³-hybridized carbons (Fsp3) is 0.346. The molecule has 4 aromatic rings. The van der Waals surface area contributed by atoms with Gasteiger partial charge in [-0.25, -0.2) is 24.7 Å². The van der Waals surface area contributed by atoms with Crippen LogP contribution in [0.2, 0.25) is 0 Å². The standard InChI is InChI=1S/C26H28N10O3/c1-16-15-38-13-12-36(16)23-20-8-11-35(24-27-9-3-10-28-24)14-21(20)30-22(31-23)18-4-6-19(7-5-18)29-25(37)32-26-34-33-17(2)39-26/h3-7,9-10,16H,8,11-15H2,1-2H3,(H2,29,32,34,37). The molecule has 6 rings (SSSR count). The number of carbonyl (C=O) groups is 1. The second-order valence-corrected chi connectivity index (χ2v) is 9.42. The number of anilines is 4. The number of aryl methyl sites for hydroxylation is 1. The lowest BCUT2D eigenvalue weighted by Crippen LogP contribution is -2.45. The van der Waals surface area contributed by atoms with Crippen molar-refractivity contribution in [3.8, 4) is 11.4 Å². The number of hydrogen-bond donors (Lipinski definition) is 2. The van der Waals surface area contributed by atoms with Crippen molar-refractivity contribution in [3.05, 3.63) is 59.9 Å². The van der Waals surface area contributed by atoms with Crippen molar-refractivity contribution in [2.75, 3.05) is 46.7 Å². The highest BCUT2D eigenvalue weighted by molar-refractivity contribution is 5.98. The van der Waals surface area contributed by atoms with E-state index in [4.69, 9.17) is 19.1 Å². The van der Waals surface area contributed by atoms with Gasteiger partial charge in [-0.2, -0.15) is 0 Å². The molecule has 2 N–H and O–H groups in total. The summed E-state index contributed by atoms with van der Waals surface area (Å²) >= 11 is 0. The molecule has 39 heavy (non-hydrogen) atoms. The van der Waals surface area contributed by atoms with Crippen LogP contribution in [0.3, 0.4) is 0 Å². The third-order valence-electron chi connectivity index (χ3n) is 6.67. The van der Waals surface area contributed by atoms with E-state index in [9.17, 15) is 4.79 Å². The molecular weight excluding hydrogens is 500 g/mol. The number of carbonyl (C=O) groups excluding carboxylic acids is 1. The van der Waals surface area contributed by atoms with E-state index in [1.807, 2.05) is 18.2 Å². The van der Waals surface area contributed by atoms with Crippen LogP contribution in [0, 0.1) is 6.92 Å². The monoisotopic (exact) mass is 528 g/mol. The highest BCUT2D eigenvalue weighted by Crippen LogP contribution is 2.32. The molecule has 5 heterocycles. The molecule has 13 nitrogen and oxygen atoms in total. The number of amides is 2. The smallest absolute Gasteiger partial charge is 0.327 e. The van der Waals surface area contributed by atoms with E-state index >= 15 is 0 Å². The Morgan fingerprint density at radius 2 is 1.87 bits per heavy atom. The molecule has 0 saturated carbocycles. The Bertz CT molecular complexity index is 1460. The Balaban J connectivity index is 1.28. The molecule has 0 radical (unpaired) electrons. The van der Waals surface area contributed by atoms with E-state index < -0.39 is 6.03 Å². The summed E-state index contributed by atoms with van der Waals surface area (Å²) in [6.45, 7) is 7.27. The molecule has 1 saturated heterocycles. The molecule has 2 amide bonds. The lowest BCUT2D eigenvalue weighted by Gasteiger charge is -2.37. The number of urea groups is 1. The molecule has 0 aliphatic carbocycles. The minimum Gasteiger partial charge on any atom is -0.408 e. The van der Waals surface area contributed by atoms with Gasteiger partial charge in [-0.15, -0.1) is 5.10 Å². The molecule has 1 atom stereocenters. The number of nitrogens with zero attached hydrogens (tertiary/aromatic N) is 8. The van der Waals surface area contributed by atoms with Gasteiger partial charge in [-0.3, -0.25) is 5.32 Å². The first kappa shape index (κ1) is 24.7. The van der Waals surface area contributed by atoms with Gasteiger partial charge in [0.15, 0.2) is 5.82 Å². The summed E-state index contributed by atoms with van der Waals surface area (Å²) in [4.78, 5) is 35.7. The second-order valence-electron chi connectivity index (χ2n) is 9.42. The molecule has 2 aliphatic heterocycles. The zero-order valence-electron chi connectivity index (χ0n) is 21.7. The topological polar surface area (TPSA) is 147 Å². The maximum atomic E-state index is 12.3. The number of aromatic nitrogens is 6. The van der Waals surface area contributed by atoms with Gasteiger partial charge in [-0.05, 0) is 43.7 Å². The summed E-state index contributed by atoms with van der Waals surface area (Å²) in [5.41, 5.74) is 3.56. The van der Waals surface area contributed by atoms with Gasteiger partial charge < -0.3 is 24.3 Å². The summed E-state index contributed by atoms with van der Waals surface area (Å²) in [6, 6.07) is 8.95. The largest absolute Gasteiger partial charge is 0.408 e. The van der Waals surface area contributed by atoms with Crippen LogP contribution < -0.4 is 20.4 Å². The summed E-state index contributed by atoms with van der Waals surface area (Å²) in [6.07, 6.45) is 4.30. The van der Waals surface area contributed by atoms with Crippen LogP contribution in [0.15, 0.2) is 47.1 Å². The Morgan fingerprint density at radius 3 is 2.62 bits per heavy atom. The minimum atomic E-state index is -0.483. The predicted molar refractivity (Wildman–Crippen MR) is 144 cm³/mol. The van der Waals surface area contributed by atoms with Crippen molar-refractivity contribution in [1.29, 1.82) is 0 Å². The van der Waals surface area contributed by atoms with Crippen molar-refractivity contribution in [1.82, 2.24) is 30.1 Å². The number of ether oxygens (including phenoxy) is 1. The first-order valence-electron chi connectivity index (χ1n) is 12.8. The maximum Gasteiger partial charge on any atom is 0.327 e. The third kappa shape index (κ3) is 5.34. The van der Waals surface area contributed by atoms with Crippen LogP contribution in [0.1, 0.15) is 24.1 Å². The maximum absolute atomic E-state index is 12.3. The van der Waals surface area contributed by atoms with E-state index in [0.717, 1.165) is 42.1 Å². The Kier molecular flexibility index (Phi) is 6.71. The number of benzene rings is 1. The highest BCUT2D eigenvalue weighted by atomic mass is 16.5. The normalized spacial score (nSPS) is 17.0. The molecule has 0 spiro atoms. The van der Waals surface area contributed by atoms with Gasteiger partial charge >= 0.3 is 12.0 Å². The van der Waals surface area contributed by atoms with Crippen molar-refractivity contribution in [3.63, 3.8) is 0 Å². The molecule has 3 aromatic heterocycles. The summed E-state index contributed by atoms with van der Waals surface area (Å²) in [5, 5.41) is 12.7. The van der Waals surface area contributed by atoms with Crippen molar-refractivity contribution >= 4 is 29.5 Å². The fourth-order valence-corrected chi connectivity index (χ4v) is 4.75. The van der Waals surface area contributed by atoms with Crippen LogP contribution in [-0.4, -0.2) is 68.5 Å². The van der Waals surface area contributed by atoms with Crippen molar-refractivity contribution < 1.29 is 13.9 Å². The quantitative estimate of drug-likeness (QED) is 0.394. The Labute approximate surface area is 224 Å². The van der Waals surface area contributed by atoms with E-state index in [-0.39, 0.29) is 12.1 Å². The second kappa shape index (κ2) is 10.6. The summed E-state index contributed by atoms with van der Waals surface area (Å²) < 4.78 is 10.9. The fourth-order valence-electron chi connectivity index (χ4n) is 4.75. The Hall–Kier alpha value is -4.65. The van der Waals surface area contributed by atoms with Crippen LogP contribution >= 0.6 is 0 Å². The number of fused-ring (bicyclic) bond motifs is 1. The first-order valence-corrected chi connectivity index (χ1v) is 12.8. The SMILES string of the molecule is Cc1nnc(NC(=O)Nc2ccc(-c3nc4c(c(N5CCOCC5C)n3)CCN(c3ncccn3)C4)cc2)o1. The molecule has 1 unspecified atom stereocenters. The van der Waals surface area contributed by atoms with Gasteiger partial charge in [0.05, 0.1) is 31.5 Å². The minimum absolute atomic E-state index is 0.0314. The zero-order chi connectivity index (χ0) is 26.8. The van der Waals surface area contributed by atoms with E-state index in [1.165, 1.54) is 0 Å². The average Bonchev–Trinajstić information content (AvgIpc) is 3.37. The van der Waals surface area contributed by atoms with Crippen molar-refractivity contribution in [2.45, 2.75) is 32.9 Å². The summed E-state index contributed by atoms with van der Waals surface area (Å²) in [5.74, 6) is 2.63. The van der Waals surface area contributed by atoms with Crippen LogP contribution in [0.25, 0.3) is 11.4 Å². The molecule has 1 fully saturated rings. The number of morpholine rings is 1. The molecular formula is C26H28N10O3. The molecule has 13 heteroatoms. The number of hydrogen-bond acceptors (Lipinski definition) is 11. The Morgan fingerprint density at radius 1 is 1.05 bits per heavy atom. The lowest BCUT2D eigenvalue weighted by molar-refractivity contribution is 0.0984. The van der Waals surface area contributed by atoms with Crippen LogP contribution in [0.5, 0.6) is 0 Å². The van der Waals surface area contributed by atoms with Crippen LogP contribution in [0.4, 0.5) is 28.3 Å². The van der Waals surface area contributed by atoms with Gasteiger partial charge in [0.25, 0.3) is 0 Å². The van der Waals surface area contributed by atoms with Gasteiger partial charge in [0.2, 0.25) is 11.8 Å². The zero-order valence-corrected chi connectivity index (χ0v) is 21.7. The van der Waals surface area contributed by atoms with Gasteiger partial charge in [-0.1, -0.05) is 5.10 Å². The van der Waals surface area contributed by atoms with E-state index in [0.29, 0.717) is 43.1 Å². The van der Waals surface area contributed by atoms with E-state index in [1.54, 1.807) is 31.5 Å². The van der Waals surface area contributed by atoms with Crippen molar-refractivity contribution in [2.24, 2.45) is 0 Å². The first-order chi connectivity index (χ1) is 19.0. The average molecular weight is 529 g/mol. The number of nitrogens with one attached hydrogen (secondary N) is 2. The van der Waals surface area contributed by atoms with Gasteiger partial charge in [0, 0.05) is 49.2 Å². The van der Waals surface area contributed by atoms with Gasteiger partial charge in [0.1, 0.15) is 5.82 Å². The molecule has 0 bridgehead atoms. The molecule has 2 aliphatic rings. The molecule has 1 aromatic carbocycles. The predicted octanol–water partition coefficient (Wildman–Crippen LogP) is 3.06. The number of rotatable bonds is 5. The summed E-state index contributed by atoms with van der Waals surface area (Å²) in [7, 11) is 0. The highest BCUT2D eigenvalue weighted by Gasteiger charge is 2.29. The lowest BCUT2D eigenvalue weighted by atomic mass is 10.0. The van der Waals surface area contributed by atoms with E-state index in [2.05, 4.69) is 47.5 Å². The van der Waals surface area contributed by atoms with Crippen LogP contribution in [-0.2, 0) is 17.7 Å². The molecule has 200 valence electrons. The third-order valence-corrected chi connectivity index (χ3v) is 6.67.